The normalized spacial score (nSPS) is 11.8. The molecule has 0 saturated heterocycles. The number of hydrogen-bond acceptors (Lipinski definition) is 3. The lowest BCUT2D eigenvalue weighted by Crippen LogP contribution is -2.47. The molecule has 128 valence electrons. The molecule has 0 saturated carbocycles. The highest BCUT2D eigenvalue weighted by molar-refractivity contribution is 9.10. The Kier molecular flexibility index (Phi) is 5.04. The van der Waals surface area contributed by atoms with E-state index in [0.29, 0.717) is 11.4 Å². The van der Waals surface area contributed by atoms with Crippen molar-refractivity contribution in [1.82, 2.24) is 15.8 Å². The van der Waals surface area contributed by atoms with Crippen LogP contribution in [-0.2, 0) is 4.79 Å². The van der Waals surface area contributed by atoms with Crippen LogP contribution >= 0.6 is 15.9 Å². The van der Waals surface area contributed by atoms with Crippen molar-refractivity contribution in [3.63, 3.8) is 0 Å². The first-order chi connectivity index (χ1) is 12.0. The van der Waals surface area contributed by atoms with Crippen molar-refractivity contribution < 1.29 is 14.3 Å². The summed E-state index contributed by atoms with van der Waals surface area (Å²) in [6.07, 6.45) is -0.766. The zero-order chi connectivity index (χ0) is 17.8. The Morgan fingerprint density at radius 2 is 1.88 bits per heavy atom. The van der Waals surface area contributed by atoms with Crippen molar-refractivity contribution in [2.24, 2.45) is 0 Å². The maximum atomic E-state index is 12.1. The number of carbonyl (C=O) groups excluding carboxylic acids is 2. The molecule has 3 N–H and O–H groups in total. The van der Waals surface area contributed by atoms with Crippen LogP contribution in [-0.4, -0.2) is 22.9 Å². The summed E-state index contributed by atoms with van der Waals surface area (Å²) in [5.41, 5.74) is 5.96. The number of aromatic amines is 1. The van der Waals surface area contributed by atoms with E-state index in [4.69, 9.17) is 4.74 Å². The van der Waals surface area contributed by atoms with Gasteiger partial charge in [-0.2, -0.15) is 0 Å². The summed E-state index contributed by atoms with van der Waals surface area (Å²) in [5.74, 6) is -0.331. The number of benzene rings is 2. The van der Waals surface area contributed by atoms with Gasteiger partial charge in [-0.15, -0.1) is 0 Å². The van der Waals surface area contributed by atoms with Crippen molar-refractivity contribution in [1.29, 1.82) is 0 Å². The molecule has 0 aliphatic carbocycles. The first-order valence-electron chi connectivity index (χ1n) is 7.63. The zero-order valence-electron chi connectivity index (χ0n) is 13.4. The Hall–Kier alpha value is -2.80. The van der Waals surface area contributed by atoms with Crippen LogP contribution in [0.4, 0.5) is 0 Å². The lowest BCUT2D eigenvalue weighted by Gasteiger charge is -2.15. The van der Waals surface area contributed by atoms with Gasteiger partial charge in [-0.1, -0.05) is 40.2 Å². The third kappa shape index (κ3) is 4.19. The Morgan fingerprint density at radius 3 is 2.64 bits per heavy atom. The second-order valence-electron chi connectivity index (χ2n) is 5.43. The number of carbonyl (C=O) groups is 2. The summed E-state index contributed by atoms with van der Waals surface area (Å²) < 4.78 is 6.39. The highest BCUT2D eigenvalue weighted by atomic mass is 79.9. The smallest absolute Gasteiger partial charge is 0.286 e. The Bertz CT molecular complexity index is 890. The van der Waals surface area contributed by atoms with Crippen LogP contribution in [0.25, 0.3) is 10.9 Å². The average molecular weight is 402 g/mol. The van der Waals surface area contributed by atoms with E-state index in [0.717, 1.165) is 15.4 Å². The van der Waals surface area contributed by atoms with Crippen LogP contribution in [0.1, 0.15) is 17.4 Å². The molecule has 7 heteroatoms. The molecule has 3 rings (SSSR count). The number of ether oxygens (including phenoxy) is 1. The highest BCUT2D eigenvalue weighted by Gasteiger charge is 2.16. The summed E-state index contributed by atoms with van der Waals surface area (Å²) in [4.78, 5) is 27.2. The lowest BCUT2D eigenvalue weighted by molar-refractivity contribution is -0.128. The molecule has 1 heterocycles. The second kappa shape index (κ2) is 7.40. The molecule has 1 atom stereocenters. The maximum absolute atomic E-state index is 12.1. The quantitative estimate of drug-likeness (QED) is 0.587. The topological polar surface area (TPSA) is 83.2 Å². The van der Waals surface area contributed by atoms with E-state index in [1.807, 2.05) is 36.4 Å². The molecule has 25 heavy (non-hydrogen) atoms. The van der Waals surface area contributed by atoms with Crippen molar-refractivity contribution in [2.75, 3.05) is 0 Å². The van der Waals surface area contributed by atoms with E-state index >= 15 is 0 Å². The van der Waals surface area contributed by atoms with Gasteiger partial charge < -0.3 is 9.72 Å². The van der Waals surface area contributed by atoms with Gasteiger partial charge in [-0.05, 0) is 37.3 Å². The average Bonchev–Trinajstić information content (AvgIpc) is 3.03. The molecule has 2 amide bonds. The summed E-state index contributed by atoms with van der Waals surface area (Å²) in [5, 5.41) is 0.922. The third-order valence-corrected chi connectivity index (χ3v) is 4.05. The van der Waals surface area contributed by atoms with Crippen LogP contribution < -0.4 is 15.6 Å². The molecule has 0 aliphatic heterocycles. The summed E-state index contributed by atoms with van der Waals surface area (Å²) in [6, 6.07) is 16.4. The molecule has 0 fully saturated rings. The van der Waals surface area contributed by atoms with E-state index in [1.165, 1.54) is 0 Å². The summed E-state index contributed by atoms with van der Waals surface area (Å²) in [6.45, 7) is 1.60. The number of para-hydroxylation sites is 1. The largest absolute Gasteiger partial charge is 0.481 e. The number of H-pyrrole nitrogens is 1. The first-order valence-corrected chi connectivity index (χ1v) is 8.42. The molecule has 0 bridgehead atoms. The van der Waals surface area contributed by atoms with Crippen molar-refractivity contribution in [2.45, 2.75) is 13.0 Å². The minimum Gasteiger partial charge on any atom is -0.481 e. The Balaban J connectivity index is 1.56. The molecule has 6 nitrogen and oxygen atoms in total. The summed E-state index contributed by atoms with van der Waals surface area (Å²) in [7, 11) is 0. The predicted octanol–water partition coefficient (Wildman–Crippen LogP) is 3.16. The van der Waals surface area contributed by atoms with Gasteiger partial charge in [-0.3, -0.25) is 20.4 Å². The fourth-order valence-corrected chi connectivity index (χ4v) is 2.66. The van der Waals surface area contributed by atoms with Gasteiger partial charge in [0.1, 0.15) is 11.4 Å². The van der Waals surface area contributed by atoms with Gasteiger partial charge in [0, 0.05) is 15.4 Å². The van der Waals surface area contributed by atoms with Gasteiger partial charge in [0.05, 0.1) is 0 Å². The summed E-state index contributed by atoms with van der Waals surface area (Å²) >= 11 is 3.34. The van der Waals surface area contributed by atoms with E-state index < -0.39 is 17.9 Å². The highest BCUT2D eigenvalue weighted by Crippen LogP contribution is 2.19. The number of nitrogens with one attached hydrogen (secondary N) is 3. The van der Waals surface area contributed by atoms with Gasteiger partial charge in [0.15, 0.2) is 6.10 Å². The fourth-order valence-electron chi connectivity index (χ4n) is 2.28. The van der Waals surface area contributed by atoms with Crippen molar-refractivity contribution >= 4 is 38.6 Å². The standard InChI is InChI=1S/C18H16BrN3O3/c1-11(25-14-7-4-6-13(19)10-14)17(23)21-22-18(24)16-9-12-5-2-3-8-15(12)20-16/h2-11,20H,1H3,(H,21,23)(H,22,24)/t11-/m0/s1. The molecule has 2 aromatic carbocycles. The molecule has 0 aliphatic rings. The lowest BCUT2D eigenvalue weighted by atomic mass is 10.2. The van der Waals surface area contributed by atoms with Gasteiger partial charge >= 0.3 is 0 Å². The molecular weight excluding hydrogens is 386 g/mol. The van der Waals surface area contributed by atoms with E-state index in [-0.39, 0.29) is 0 Å². The third-order valence-electron chi connectivity index (χ3n) is 3.55. The van der Waals surface area contributed by atoms with E-state index in [2.05, 4.69) is 31.8 Å². The number of amides is 2. The van der Waals surface area contributed by atoms with Gasteiger partial charge in [-0.25, -0.2) is 0 Å². The minimum absolute atomic E-state index is 0.363. The maximum Gasteiger partial charge on any atom is 0.286 e. The van der Waals surface area contributed by atoms with Crippen molar-refractivity contribution in [3.05, 3.63) is 64.8 Å². The monoisotopic (exact) mass is 401 g/mol. The number of rotatable bonds is 4. The minimum atomic E-state index is -0.766. The SMILES string of the molecule is C[C@H](Oc1cccc(Br)c1)C(=O)NNC(=O)c1cc2ccccc2[nH]1. The van der Waals surface area contributed by atoms with Crippen LogP contribution in [0.15, 0.2) is 59.1 Å². The van der Waals surface area contributed by atoms with Crippen molar-refractivity contribution in [3.8, 4) is 5.75 Å². The Labute approximate surface area is 152 Å². The van der Waals surface area contributed by atoms with Gasteiger partial charge in [0.2, 0.25) is 0 Å². The fraction of sp³-hybridized carbons (Fsp3) is 0.111. The van der Waals surface area contributed by atoms with E-state index in [1.54, 1.807) is 25.1 Å². The number of hydrogen-bond donors (Lipinski definition) is 3. The molecule has 0 radical (unpaired) electrons. The molecular formula is C18H16BrN3O3. The number of halogens is 1. The van der Waals surface area contributed by atoms with E-state index in [9.17, 15) is 9.59 Å². The first kappa shape index (κ1) is 17.0. The van der Waals surface area contributed by atoms with Crippen LogP contribution in [0.2, 0.25) is 0 Å². The van der Waals surface area contributed by atoms with Crippen LogP contribution in [0.5, 0.6) is 5.75 Å². The number of fused-ring (bicyclic) bond motifs is 1. The molecule has 0 spiro atoms. The molecule has 1 aromatic heterocycles. The van der Waals surface area contributed by atoms with Crippen LogP contribution in [0.3, 0.4) is 0 Å². The second-order valence-corrected chi connectivity index (χ2v) is 6.35. The molecule has 0 unspecified atom stereocenters. The van der Waals surface area contributed by atoms with Crippen LogP contribution in [0, 0.1) is 0 Å². The predicted molar refractivity (Wildman–Crippen MR) is 98.1 cm³/mol. The zero-order valence-corrected chi connectivity index (χ0v) is 15.0. The number of aromatic nitrogens is 1. The number of hydrazine groups is 1. The molecule has 3 aromatic rings. The van der Waals surface area contributed by atoms with Gasteiger partial charge in [0.25, 0.3) is 11.8 Å². The Morgan fingerprint density at radius 1 is 1.08 bits per heavy atom.